The van der Waals surface area contributed by atoms with Crippen molar-refractivity contribution < 1.29 is 19.2 Å². The van der Waals surface area contributed by atoms with Gasteiger partial charge in [-0.3, -0.25) is 19.8 Å². The molecule has 2 aromatic carbocycles. The summed E-state index contributed by atoms with van der Waals surface area (Å²) in [5.74, 6) is 0.636. The fourth-order valence-corrected chi connectivity index (χ4v) is 3.67. The lowest BCUT2D eigenvalue weighted by molar-refractivity contribution is -0.384. The second-order valence-electron chi connectivity index (χ2n) is 6.38. The van der Waals surface area contributed by atoms with Crippen molar-refractivity contribution in [3.05, 3.63) is 69.6 Å². The summed E-state index contributed by atoms with van der Waals surface area (Å²) in [5, 5.41) is 13.2. The van der Waals surface area contributed by atoms with E-state index in [2.05, 4.69) is 4.98 Å². The Morgan fingerprint density at radius 2 is 1.83 bits per heavy atom. The molecule has 8 nitrogen and oxygen atoms in total. The van der Waals surface area contributed by atoms with Crippen LogP contribution in [0.3, 0.4) is 0 Å². The van der Waals surface area contributed by atoms with Gasteiger partial charge >= 0.3 is 0 Å². The van der Waals surface area contributed by atoms with Crippen molar-refractivity contribution in [2.24, 2.45) is 0 Å². The highest BCUT2D eigenvalue weighted by atomic mass is 32.1. The molecule has 0 aliphatic heterocycles. The number of rotatable bonds is 9. The van der Waals surface area contributed by atoms with Crippen LogP contribution in [-0.2, 0) is 16.0 Å². The summed E-state index contributed by atoms with van der Waals surface area (Å²) in [6.45, 7) is 0.750. The maximum absolute atomic E-state index is 13.0. The van der Waals surface area contributed by atoms with Crippen LogP contribution in [0.4, 0.5) is 10.8 Å². The minimum absolute atomic E-state index is 0.0191. The van der Waals surface area contributed by atoms with Crippen LogP contribution in [0.2, 0.25) is 0 Å². The number of thiazole rings is 1. The third-order valence-corrected chi connectivity index (χ3v) is 5.29. The van der Waals surface area contributed by atoms with E-state index in [9.17, 15) is 14.9 Å². The summed E-state index contributed by atoms with van der Waals surface area (Å²) < 4.78 is 10.3. The molecule has 1 aromatic heterocycles. The largest absolute Gasteiger partial charge is 0.497 e. The molecule has 1 heterocycles. The molecule has 0 atom stereocenters. The minimum Gasteiger partial charge on any atom is -0.497 e. The number of hydrogen-bond acceptors (Lipinski definition) is 7. The Labute approximate surface area is 177 Å². The minimum atomic E-state index is -0.444. The summed E-state index contributed by atoms with van der Waals surface area (Å²) in [4.78, 5) is 29.5. The van der Waals surface area contributed by atoms with E-state index in [0.29, 0.717) is 24.0 Å². The average molecular weight is 427 g/mol. The highest BCUT2D eigenvalue weighted by Gasteiger charge is 2.20. The van der Waals surface area contributed by atoms with Crippen LogP contribution >= 0.6 is 11.3 Å². The molecule has 0 unspecified atom stereocenters. The number of nitro benzene ring substituents is 1. The Hall–Kier alpha value is -3.30. The van der Waals surface area contributed by atoms with Gasteiger partial charge in [0.05, 0.1) is 37.3 Å². The molecule has 0 aliphatic carbocycles. The van der Waals surface area contributed by atoms with Gasteiger partial charge in [-0.15, -0.1) is 11.3 Å². The number of nitro groups is 1. The molecule has 0 saturated heterocycles. The number of hydrogen-bond donors (Lipinski definition) is 0. The number of benzene rings is 2. The molecule has 0 fully saturated rings. The van der Waals surface area contributed by atoms with E-state index in [-0.39, 0.29) is 18.0 Å². The summed E-state index contributed by atoms with van der Waals surface area (Å²) in [6, 6.07) is 13.5. The summed E-state index contributed by atoms with van der Waals surface area (Å²) in [5.41, 5.74) is 2.29. The Kier molecular flexibility index (Phi) is 7.10. The topological polar surface area (TPSA) is 94.8 Å². The molecule has 0 saturated carbocycles. The van der Waals surface area contributed by atoms with E-state index in [0.717, 1.165) is 16.9 Å². The fourth-order valence-electron chi connectivity index (χ4n) is 2.80. The molecule has 0 spiro atoms. The molecule has 30 heavy (non-hydrogen) atoms. The number of anilines is 1. The van der Waals surface area contributed by atoms with Crippen LogP contribution < -0.4 is 9.64 Å². The molecular formula is C21H21N3O5S. The first-order valence-corrected chi connectivity index (χ1v) is 10.0. The molecule has 156 valence electrons. The first kappa shape index (κ1) is 21.4. The highest BCUT2D eigenvalue weighted by molar-refractivity contribution is 7.14. The van der Waals surface area contributed by atoms with Crippen LogP contribution in [0.1, 0.15) is 5.56 Å². The maximum Gasteiger partial charge on any atom is 0.269 e. The van der Waals surface area contributed by atoms with Crippen molar-refractivity contribution in [1.29, 1.82) is 0 Å². The van der Waals surface area contributed by atoms with Crippen LogP contribution in [0.25, 0.3) is 11.3 Å². The van der Waals surface area contributed by atoms with Crippen LogP contribution in [0.5, 0.6) is 5.75 Å². The molecule has 0 radical (unpaired) electrons. The van der Waals surface area contributed by atoms with Crippen LogP contribution in [0.15, 0.2) is 53.9 Å². The van der Waals surface area contributed by atoms with E-state index in [1.807, 2.05) is 29.6 Å². The number of ether oxygens (including phenoxy) is 2. The molecule has 0 aliphatic rings. The van der Waals surface area contributed by atoms with E-state index >= 15 is 0 Å². The second-order valence-corrected chi connectivity index (χ2v) is 7.22. The normalized spacial score (nSPS) is 10.6. The molecular weight excluding hydrogens is 406 g/mol. The number of non-ortho nitro benzene ring substituents is 1. The lowest BCUT2D eigenvalue weighted by atomic mass is 10.1. The zero-order valence-electron chi connectivity index (χ0n) is 16.6. The van der Waals surface area contributed by atoms with Crippen molar-refractivity contribution in [2.75, 3.05) is 32.3 Å². The fraction of sp³-hybridized carbons (Fsp3) is 0.238. The van der Waals surface area contributed by atoms with E-state index in [1.54, 1.807) is 31.3 Å². The first-order valence-electron chi connectivity index (χ1n) is 9.14. The quantitative estimate of drug-likeness (QED) is 0.379. The predicted octanol–water partition coefficient (Wildman–Crippen LogP) is 3.95. The van der Waals surface area contributed by atoms with Crippen molar-refractivity contribution in [1.82, 2.24) is 4.98 Å². The molecule has 9 heteroatoms. The van der Waals surface area contributed by atoms with Crippen molar-refractivity contribution >= 4 is 28.1 Å². The van der Waals surface area contributed by atoms with Crippen molar-refractivity contribution in [2.45, 2.75) is 6.42 Å². The van der Waals surface area contributed by atoms with Gasteiger partial charge in [-0.25, -0.2) is 4.98 Å². The van der Waals surface area contributed by atoms with Gasteiger partial charge in [0.15, 0.2) is 5.13 Å². The van der Waals surface area contributed by atoms with Gasteiger partial charge < -0.3 is 9.47 Å². The standard InChI is InChI=1S/C21H21N3O5S/c1-28-12-11-23(20(25)13-15-3-9-18(29-2)10-4-15)21-22-19(14-30-21)16-5-7-17(8-6-16)24(26)27/h3-10,14H,11-13H2,1-2H3. The Morgan fingerprint density at radius 1 is 1.13 bits per heavy atom. The zero-order chi connectivity index (χ0) is 21.5. The van der Waals surface area contributed by atoms with Crippen LogP contribution in [0, 0.1) is 10.1 Å². The summed E-state index contributed by atoms with van der Waals surface area (Å²) >= 11 is 1.34. The third-order valence-electron chi connectivity index (χ3n) is 4.43. The summed E-state index contributed by atoms with van der Waals surface area (Å²) in [6.07, 6.45) is 0.222. The lowest BCUT2D eigenvalue weighted by Gasteiger charge is -2.19. The average Bonchev–Trinajstić information content (AvgIpc) is 3.24. The SMILES string of the molecule is COCCN(C(=O)Cc1ccc(OC)cc1)c1nc(-c2ccc([N+](=O)[O-])cc2)cs1. The number of aromatic nitrogens is 1. The Morgan fingerprint density at radius 3 is 2.43 bits per heavy atom. The monoisotopic (exact) mass is 427 g/mol. The molecule has 1 amide bonds. The van der Waals surface area contributed by atoms with E-state index in [4.69, 9.17) is 9.47 Å². The predicted molar refractivity (Wildman–Crippen MR) is 115 cm³/mol. The van der Waals surface area contributed by atoms with Crippen molar-refractivity contribution in [3.8, 4) is 17.0 Å². The zero-order valence-corrected chi connectivity index (χ0v) is 17.4. The third kappa shape index (κ3) is 5.19. The molecule has 0 bridgehead atoms. The Balaban J connectivity index is 1.79. The van der Waals surface area contributed by atoms with Gasteiger partial charge in [-0.2, -0.15) is 0 Å². The molecule has 0 N–H and O–H groups in total. The number of nitrogens with zero attached hydrogens (tertiary/aromatic N) is 3. The van der Waals surface area contributed by atoms with Crippen LogP contribution in [-0.4, -0.2) is 43.2 Å². The number of carbonyl (C=O) groups is 1. The smallest absolute Gasteiger partial charge is 0.269 e. The summed E-state index contributed by atoms with van der Waals surface area (Å²) in [7, 11) is 3.17. The Bertz CT molecular complexity index is 1000. The second kappa shape index (κ2) is 9.95. The number of carbonyl (C=O) groups excluding carboxylic acids is 1. The van der Waals surface area contributed by atoms with E-state index in [1.165, 1.54) is 23.5 Å². The van der Waals surface area contributed by atoms with E-state index < -0.39 is 4.92 Å². The lowest BCUT2D eigenvalue weighted by Crippen LogP contribution is -2.35. The first-order chi connectivity index (χ1) is 14.5. The molecule has 3 aromatic rings. The molecule has 3 rings (SSSR count). The van der Waals surface area contributed by atoms with Gasteiger partial charge in [0.2, 0.25) is 5.91 Å². The van der Waals surface area contributed by atoms with Crippen molar-refractivity contribution in [3.63, 3.8) is 0 Å². The number of amides is 1. The highest BCUT2D eigenvalue weighted by Crippen LogP contribution is 2.29. The van der Waals surface area contributed by atoms with Gasteiger partial charge in [-0.05, 0) is 29.8 Å². The maximum atomic E-state index is 13.0. The van der Waals surface area contributed by atoms with Gasteiger partial charge in [-0.1, -0.05) is 12.1 Å². The van der Waals surface area contributed by atoms with Gasteiger partial charge in [0.25, 0.3) is 5.69 Å². The number of methoxy groups -OCH3 is 2. The van der Waals surface area contributed by atoms with Gasteiger partial charge in [0.1, 0.15) is 5.75 Å². The van der Waals surface area contributed by atoms with Gasteiger partial charge in [0, 0.05) is 30.2 Å².